The molecule has 0 aliphatic heterocycles. The summed E-state index contributed by atoms with van der Waals surface area (Å²) in [6.07, 6.45) is 0. The first-order chi connectivity index (χ1) is 12.0. The van der Waals surface area contributed by atoms with Gasteiger partial charge in [-0.15, -0.1) is 0 Å². The molecule has 0 aliphatic rings. The number of hydrogen-bond acceptors (Lipinski definition) is 4. The maximum absolute atomic E-state index is 12.8. The van der Waals surface area contributed by atoms with E-state index in [-0.39, 0.29) is 18.6 Å². The Balaban J connectivity index is 2.09. The molecule has 6 nitrogen and oxygen atoms in total. The predicted octanol–water partition coefficient (Wildman–Crippen LogP) is 2.18. The Bertz CT molecular complexity index is 702. The molecule has 0 bridgehead atoms. The summed E-state index contributed by atoms with van der Waals surface area (Å²) in [5, 5.41) is 2.92. The second kappa shape index (κ2) is 8.84. The molecule has 0 saturated carbocycles. The number of benzene rings is 2. The molecule has 0 aliphatic carbocycles. The monoisotopic (exact) mass is 341 g/mol. The van der Waals surface area contributed by atoms with Gasteiger partial charge in [0, 0.05) is 5.69 Å². The first-order valence-corrected chi connectivity index (χ1v) is 8.08. The Morgan fingerprint density at radius 3 is 2.32 bits per heavy atom. The van der Waals surface area contributed by atoms with Crippen LogP contribution in [0, 0.1) is 0 Å². The van der Waals surface area contributed by atoms with Crippen LogP contribution in [0.4, 0.5) is 5.69 Å². The van der Waals surface area contributed by atoms with Crippen LogP contribution in [-0.2, 0) is 9.59 Å². The van der Waals surface area contributed by atoms with E-state index in [4.69, 9.17) is 10.5 Å². The number of hydrogen-bond donors (Lipinski definition) is 2. The van der Waals surface area contributed by atoms with Crippen LogP contribution < -0.4 is 15.8 Å². The van der Waals surface area contributed by atoms with Crippen molar-refractivity contribution in [1.29, 1.82) is 0 Å². The third kappa shape index (κ3) is 5.32. The third-order valence-electron chi connectivity index (χ3n) is 3.81. The number of nitrogens with zero attached hydrogens (tertiary/aromatic N) is 1. The fraction of sp³-hybridized carbons (Fsp3) is 0.263. The number of ether oxygens (including phenoxy) is 1. The van der Waals surface area contributed by atoms with Crippen LogP contribution in [0.1, 0.15) is 18.5 Å². The molecule has 6 heteroatoms. The van der Waals surface area contributed by atoms with Gasteiger partial charge in [-0.25, -0.2) is 0 Å². The zero-order chi connectivity index (χ0) is 18.2. The van der Waals surface area contributed by atoms with E-state index in [2.05, 4.69) is 5.32 Å². The lowest BCUT2D eigenvalue weighted by molar-refractivity contribution is -0.121. The molecule has 0 radical (unpaired) electrons. The van der Waals surface area contributed by atoms with Gasteiger partial charge < -0.3 is 15.8 Å². The summed E-state index contributed by atoms with van der Waals surface area (Å²) in [6.45, 7) is 2.57. The zero-order valence-electron chi connectivity index (χ0n) is 14.4. The highest BCUT2D eigenvalue weighted by Gasteiger charge is 2.24. The molecule has 0 saturated heterocycles. The van der Waals surface area contributed by atoms with E-state index >= 15 is 0 Å². The Hall–Kier alpha value is -2.86. The van der Waals surface area contributed by atoms with Crippen LogP contribution in [0.25, 0.3) is 0 Å². The minimum absolute atomic E-state index is 0.110. The number of anilines is 1. The highest BCUT2D eigenvalue weighted by Crippen LogP contribution is 2.22. The largest absolute Gasteiger partial charge is 0.484 e. The van der Waals surface area contributed by atoms with Crippen molar-refractivity contribution in [3.63, 3.8) is 0 Å². The van der Waals surface area contributed by atoms with Gasteiger partial charge in [-0.2, -0.15) is 0 Å². The number of likely N-dealkylation sites (N-methyl/N-ethyl adjacent to an activating group) is 1. The SMILES string of the molecule is CCN(C)[C@@H](C(=O)Nc1ccc(OCC(N)=O)cc1)c1ccccc1. The summed E-state index contributed by atoms with van der Waals surface area (Å²) >= 11 is 0. The summed E-state index contributed by atoms with van der Waals surface area (Å²) in [7, 11) is 1.91. The molecular formula is C19H23N3O3. The normalized spacial score (nSPS) is 11.8. The van der Waals surface area contributed by atoms with Gasteiger partial charge in [-0.1, -0.05) is 37.3 Å². The highest BCUT2D eigenvalue weighted by atomic mass is 16.5. The fourth-order valence-corrected chi connectivity index (χ4v) is 2.42. The second-order valence-corrected chi connectivity index (χ2v) is 5.66. The zero-order valence-corrected chi connectivity index (χ0v) is 14.4. The molecule has 0 heterocycles. The number of primary amides is 1. The highest BCUT2D eigenvalue weighted by molar-refractivity contribution is 5.95. The van der Waals surface area contributed by atoms with Crippen molar-refractivity contribution in [2.24, 2.45) is 5.73 Å². The number of carbonyl (C=O) groups is 2. The molecule has 132 valence electrons. The Kier molecular flexibility index (Phi) is 6.54. The molecule has 2 aromatic rings. The summed E-state index contributed by atoms with van der Waals surface area (Å²) in [4.78, 5) is 25.5. The van der Waals surface area contributed by atoms with Crippen molar-refractivity contribution in [2.75, 3.05) is 25.5 Å². The molecular weight excluding hydrogens is 318 g/mol. The molecule has 2 amide bonds. The molecule has 2 aromatic carbocycles. The first-order valence-electron chi connectivity index (χ1n) is 8.08. The standard InChI is InChI=1S/C19H23N3O3/c1-3-22(2)18(14-7-5-4-6-8-14)19(24)21-15-9-11-16(12-10-15)25-13-17(20)23/h4-12,18H,3,13H2,1-2H3,(H2,20,23)(H,21,24)/t18-/m1/s1. The molecule has 0 unspecified atom stereocenters. The van der Waals surface area contributed by atoms with Crippen LogP contribution in [-0.4, -0.2) is 36.9 Å². The minimum Gasteiger partial charge on any atom is -0.484 e. The summed E-state index contributed by atoms with van der Waals surface area (Å²) < 4.78 is 5.20. The number of nitrogens with two attached hydrogens (primary N) is 1. The number of nitrogens with one attached hydrogen (secondary N) is 1. The van der Waals surface area contributed by atoms with E-state index in [9.17, 15) is 9.59 Å². The Morgan fingerprint density at radius 1 is 1.12 bits per heavy atom. The van der Waals surface area contributed by atoms with Crippen LogP contribution in [0.3, 0.4) is 0 Å². The Morgan fingerprint density at radius 2 is 1.76 bits per heavy atom. The van der Waals surface area contributed by atoms with Crippen molar-refractivity contribution in [1.82, 2.24) is 4.90 Å². The van der Waals surface area contributed by atoms with Crippen LogP contribution in [0.5, 0.6) is 5.75 Å². The van der Waals surface area contributed by atoms with E-state index < -0.39 is 5.91 Å². The van der Waals surface area contributed by atoms with Gasteiger partial charge in [0.1, 0.15) is 11.8 Å². The number of carbonyl (C=O) groups excluding carboxylic acids is 2. The van der Waals surface area contributed by atoms with Crippen molar-refractivity contribution in [3.05, 3.63) is 60.2 Å². The maximum atomic E-state index is 12.8. The van der Waals surface area contributed by atoms with Gasteiger partial charge in [0.25, 0.3) is 5.91 Å². The molecule has 3 N–H and O–H groups in total. The average Bonchev–Trinajstić information content (AvgIpc) is 2.62. The van der Waals surface area contributed by atoms with E-state index in [0.717, 1.165) is 12.1 Å². The number of amides is 2. The first kappa shape index (κ1) is 18.5. The number of rotatable bonds is 8. The molecule has 25 heavy (non-hydrogen) atoms. The van der Waals surface area contributed by atoms with Crippen molar-refractivity contribution < 1.29 is 14.3 Å². The van der Waals surface area contributed by atoms with Gasteiger partial charge in [-0.3, -0.25) is 14.5 Å². The van der Waals surface area contributed by atoms with Gasteiger partial charge in [0.15, 0.2) is 6.61 Å². The minimum atomic E-state index is -0.536. The smallest absolute Gasteiger partial charge is 0.255 e. The quantitative estimate of drug-likeness (QED) is 0.771. The Labute approximate surface area is 147 Å². The van der Waals surface area contributed by atoms with E-state index in [1.54, 1.807) is 24.3 Å². The fourth-order valence-electron chi connectivity index (χ4n) is 2.42. The second-order valence-electron chi connectivity index (χ2n) is 5.66. The van der Waals surface area contributed by atoms with E-state index in [1.165, 1.54) is 0 Å². The van der Waals surface area contributed by atoms with E-state index in [1.807, 2.05) is 49.2 Å². The predicted molar refractivity (Wildman–Crippen MR) is 97.2 cm³/mol. The summed E-state index contributed by atoms with van der Waals surface area (Å²) in [5.41, 5.74) is 6.63. The van der Waals surface area contributed by atoms with Gasteiger partial charge in [0.2, 0.25) is 5.91 Å². The molecule has 0 fully saturated rings. The van der Waals surface area contributed by atoms with Crippen LogP contribution in [0.2, 0.25) is 0 Å². The van der Waals surface area contributed by atoms with Crippen LogP contribution >= 0.6 is 0 Å². The lowest BCUT2D eigenvalue weighted by atomic mass is 10.0. The molecule has 2 rings (SSSR count). The molecule has 0 aromatic heterocycles. The van der Waals surface area contributed by atoms with Crippen molar-refractivity contribution in [3.8, 4) is 5.75 Å². The van der Waals surface area contributed by atoms with Crippen molar-refractivity contribution >= 4 is 17.5 Å². The van der Waals surface area contributed by atoms with E-state index in [0.29, 0.717) is 11.4 Å². The third-order valence-corrected chi connectivity index (χ3v) is 3.81. The lowest BCUT2D eigenvalue weighted by Crippen LogP contribution is -2.34. The van der Waals surface area contributed by atoms with Gasteiger partial charge in [0.05, 0.1) is 0 Å². The summed E-state index contributed by atoms with van der Waals surface area (Å²) in [5.74, 6) is -0.130. The molecule has 1 atom stereocenters. The summed E-state index contributed by atoms with van der Waals surface area (Å²) in [6, 6.07) is 16.1. The topological polar surface area (TPSA) is 84.7 Å². The maximum Gasteiger partial charge on any atom is 0.255 e. The lowest BCUT2D eigenvalue weighted by Gasteiger charge is -2.26. The van der Waals surface area contributed by atoms with Crippen LogP contribution in [0.15, 0.2) is 54.6 Å². The van der Waals surface area contributed by atoms with Gasteiger partial charge in [-0.05, 0) is 43.4 Å². The van der Waals surface area contributed by atoms with Crippen molar-refractivity contribution in [2.45, 2.75) is 13.0 Å². The average molecular weight is 341 g/mol. The molecule has 0 spiro atoms. The van der Waals surface area contributed by atoms with Gasteiger partial charge >= 0.3 is 0 Å².